The Kier molecular flexibility index (Phi) is 5.40. The second kappa shape index (κ2) is 8.13. The molecule has 0 saturated carbocycles. The molecule has 2 N–H and O–H groups in total. The molecule has 7 heteroatoms. The number of ether oxygens (including phenoxy) is 2. The van der Waals surface area contributed by atoms with Crippen molar-refractivity contribution in [3.8, 4) is 11.5 Å². The summed E-state index contributed by atoms with van der Waals surface area (Å²) in [5.74, 6) is 1.32. The maximum Gasteiger partial charge on any atom is 0.282 e. The van der Waals surface area contributed by atoms with Crippen molar-refractivity contribution in [1.82, 2.24) is 0 Å². The smallest absolute Gasteiger partial charge is 0.282 e. The predicted octanol–water partition coefficient (Wildman–Crippen LogP) is 1.41. The van der Waals surface area contributed by atoms with E-state index in [2.05, 4.69) is 5.32 Å². The number of quaternary nitrogens is 1. The minimum Gasteiger partial charge on any atom is -0.497 e. The lowest BCUT2D eigenvalue weighted by Crippen LogP contribution is -3.11. The first kappa shape index (κ1) is 19.3. The Morgan fingerprint density at radius 3 is 2.83 bits per heavy atom. The molecule has 0 spiro atoms. The van der Waals surface area contributed by atoms with Crippen LogP contribution in [0.1, 0.15) is 24.4 Å². The minimum absolute atomic E-state index is 0.0401. The Morgan fingerprint density at radius 1 is 1.21 bits per heavy atom. The van der Waals surface area contributed by atoms with E-state index >= 15 is 0 Å². The molecule has 2 aliphatic rings. The average molecular weight is 396 g/mol. The third-order valence-electron chi connectivity index (χ3n) is 5.75. The van der Waals surface area contributed by atoms with E-state index in [1.165, 1.54) is 4.90 Å². The van der Waals surface area contributed by atoms with Crippen molar-refractivity contribution in [2.45, 2.75) is 18.9 Å². The lowest BCUT2D eigenvalue weighted by molar-refractivity contribution is -0.910. The summed E-state index contributed by atoms with van der Waals surface area (Å²) in [6.45, 7) is 1.30. The van der Waals surface area contributed by atoms with E-state index < -0.39 is 0 Å². The van der Waals surface area contributed by atoms with Gasteiger partial charge < -0.3 is 19.7 Å². The topological polar surface area (TPSA) is 72.3 Å². The van der Waals surface area contributed by atoms with Crippen LogP contribution in [0, 0.1) is 0 Å². The van der Waals surface area contributed by atoms with E-state index in [0.717, 1.165) is 42.1 Å². The summed E-state index contributed by atoms with van der Waals surface area (Å²) in [5, 5.41) is 2.83. The van der Waals surface area contributed by atoms with Crippen molar-refractivity contribution in [3.05, 3.63) is 48.0 Å². The fourth-order valence-corrected chi connectivity index (χ4v) is 4.35. The summed E-state index contributed by atoms with van der Waals surface area (Å²) in [4.78, 5) is 28.0. The number of amides is 2. The van der Waals surface area contributed by atoms with E-state index in [9.17, 15) is 9.59 Å². The first-order valence-corrected chi connectivity index (χ1v) is 9.86. The molecule has 152 valence electrons. The number of carbonyl (C=O) groups excluding carboxylic acids is 2. The SMILES string of the molecule is COc1ccc([C@@H]2CCC[NH+]2CC(=O)N2CC(=O)Nc3ccccc32)c(OC)c1. The summed E-state index contributed by atoms with van der Waals surface area (Å²) in [6, 6.07) is 13.4. The zero-order chi connectivity index (χ0) is 20.4. The van der Waals surface area contributed by atoms with Gasteiger partial charge in [-0.3, -0.25) is 14.5 Å². The maximum atomic E-state index is 13.2. The minimum atomic E-state index is -0.165. The number of carbonyl (C=O) groups is 2. The van der Waals surface area contributed by atoms with E-state index in [1.807, 2.05) is 42.5 Å². The van der Waals surface area contributed by atoms with Gasteiger partial charge in [-0.1, -0.05) is 12.1 Å². The van der Waals surface area contributed by atoms with Crippen LogP contribution in [0.3, 0.4) is 0 Å². The van der Waals surface area contributed by atoms with Gasteiger partial charge in [-0.05, 0) is 24.3 Å². The molecule has 2 aromatic carbocycles. The third kappa shape index (κ3) is 3.78. The number of nitrogens with one attached hydrogen (secondary N) is 2. The number of benzene rings is 2. The van der Waals surface area contributed by atoms with Crippen LogP contribution in [0.25, 0.3) is 0 Å². The molecule has 29 heavy (non-hydrogen) atoms. The number of rotatable bonds is 5. The van der Waals surface area contributed by atoms with Gasteiger partial charge in [0.25, 0.3) is 5.91 Å². The van der Waals surface area contributed by atoms with E-state index in [0.29, 0.717) is 12.2 Å². The molecule has 2 amide bonds. The van der Waals surface area contributed by atoms with Gasteiger partial charge in [-0.2, -0.15) is 0 Å². The van der Waals surface area contributed by atoms with Crippen LogP contribution in [0.4, 0.5) is 11.4 Å². The van der Waals surface area contributed by atoms with Crippen molar-refractivity contribution in [1.29, 1.82) is 0 Å². The van der Waals surface area contributed by atoms with Gasteiger partial charge in [0, 0.05) is 18.9 Å². The van der Waals surface area contributed by atoms with Gasteiger partial charge in [-0.15, -0.1) is 0 Å². The number of anilines is 2. The molecule has 1 saturated heterocycles. The molecule has 4 rings (SSSR count). The van der Waals surface area contributed by atoms with Crippen LogP contribution in [0.2, 0.25) is 0 Å². The van der Waals surface area contributed by atoms with Crippen LogP contribution in [-0.2, 0) is 9.59 Å². The largest absolute Gasteiger partial charge is 0.497 e. The zero-order valence-electron chi connectivity index (χ0n) is 16.7. The first-order chi connectivity index (χ1) is 14.1. The molecule has 0 aromatic heterocycles. The predicted molar refractivity (Wildman–Crippen MR) is 110 cm³/mol. The molecule has 7 nitrogen and oxygen atoms in total. The normalized spacial score (nSPS) is 20.8. The lowest BCUT2D eigenvalue weighted by atomic mass is 10.0. The summed E-state index contributed by atoms with van der Waals surface area (Å²) >= 11 is 0. The quantitative estimate of drug-likeness (QED) is 0.802. The maximum absolute atomic E-state index is 13.2. The molecule has 2 heterocycles. The Hall–Kier alpha value is -3.06. The van der Waals surface area contributed by atoms with E-state index in [-0.39, 0.29) is 24.4 Å². The standard InChI is InChI=1S/C22H25N3O4/c1-28-15-9-10-16(20(12-15)29-2)18-8-5-11-24(18)14-22(27)25-13-21(26)23-17-6-3-4-7-19(17)25/h3-4,6-7,9-10,12,18H,5,8,11,13-14H2,1-2H3,(H,23,26)/p+1/t18-/m0/s1. The van der Waals surface area contributed by atoms with Crippen LogP contribution >= 0.6 is 0 Å². The number of hydrogen-bond acceptors (Lipinski definition) is 4. The van der Waals surface area contributed by atoms with Crippen LogP contribution in [0.5, 0.6) is 11.5 Å². The zero-order valence-corrected chi connectivity index (χ0v) is 16.7. The second-order valence-electron chi connectivity index (χ2n) is 7.43. The Bertz CT molecular complexity index is 930. The third-order valence-corrected chi connectivity index (χ3v) is 5.75. The highest BCUT2D eigenvalue weighted by atomic mass is 16.5. The molecule has 0 aliphatic carbocycles. The highest BCUT2D eigenvalue weighted by Crippen LogP contribution is 2.32. The van der Waals surface area contributed by atoms with E-state index in [1.54, 1.807) is 19.1 Å². The highest BCUT2D eigenvalue weighted by molar-refractivity contribution is 6.10. The first-order valence-electron chi connectivity index (χ1n) is 9.86. The van der Waals surface area contributed by atoms with Crippen molar-refractivity contribution in [3.63, 3.8) is 0 Å². The van der Waals surface area contributed by atoms with Gasteiger partial charge in [0.05, 0.1) is 37.7 Å². The van der Waals surface area contributed by atoms with Gasteiger partial charge in [-0.25, -0.2) is 0 Å². The highest BCUT2D eigenvalue weighted by Gasteiger charge is 2.36. The van der Waals surface area contributed by atoms with Crippen LogP contribution < -0.4 is 24.6 Å². The number of fused-ring (bicyclic) bond motifs is 1. The van der Waals surface area contributed by atoms with Crippen LogP contribution in [-0.4, -0.2) is 45.7 Å². The van der Waals surface area contributed by atoms with Crippen molar-refractivity contribution in [2.75, 3.05) is 44.1 Å². The Labute approximate surface area is 170 Å². The van der Waals surface area contributed by atoms with Crippen LogP contribution in [0.15, 0.2) is 42.5 Å². The van der Waals surface area contributed by atoms with Crippen molar-refractivity contribution in [2.24, 2.45) is 0 Å². The second-order valence-corrected chi connectivity index (χ2v) is 7.43. The number of hydrogen-bond donors (Lipinski definition) is 2. The summed E-state index contributed by atoms with van der Waals surface area (Å²) in [6.07, 6.45) is 2.03. The summed E-state index contributed by atoms with van der Waals surface area (Å²) < 4.78 is 10.9. The molecule has 2 aromatic rings. The molecule has 2 atom stereocenters. The molecule has 2 aliphatic heterocycles. The summed E-state index contributed by atoms with van der Waals surface area (Å²) in [5.41, 5.74) is 2.53. The number of nitrogens with zero attached hydrogens (tertiary/aromatic N) is 1. The van der Waals surface area contributed by atoms with Gasteiger partial charge in [0.2, 0.25) is 5.91 Å². The number of para-hydroxylation sites is 2. The molecular formula is C22H26N3O4+. The average Bonchev–Trinajstić information content (AvgIpc) is 3.20. The number of methoxy groups -OCH3 is 2. The fraction of sp³-hybridized carbons (Fsp3) is 0.364. The molecule has 1 unspecified atom stereocenters. The summed E-state index contributed by atoms with van der Waals surface area (Å²) in [7, 11) is 3.29. The van der Waals surface area contributed by atoms with Gasteiger partial charge >= 0.3 is 0 Å². The fourth-order valence-electron chi connectivity index (χ4n) is 4.35. The molecular weight excluding hydrogens is 370 g/mol. The van der Waals surface area contributed by atoms with Crippen molar-refractivity contribution < 1.29 is 24.0 Å². The lowest BCUT2D eigenvalue weighted by Gasteiger charge is -2.31. The molecule has 0 radical (unpaired) electrons. The van der Waals surface area contributed by atoms with Gasteiger partial charge in [0.15, 0.2) is 6.54 Å². The number of likely N-dealkylation sites (tertiary alicyclic amines) is 1. The van der Waals surface area contributed by atoms with E-state index in [4.69, 9.17) is 9.47 Å². The van der Waals surface area contributed by atoms with Gasteiger partial charge in [0.1, 0.15) is 24.1 Å². The van der Waals surface area contributed by atoms with Crippen molar-refractivity contribution >= 4 is 23.2 Å². The Morgan fingerprint density at radius 2 is 2.03 bits per heavy atom. The molecule has 1 fully saturated rings. The monoisotopic (exact) mass is 396 g/mol. The molecule has 0 bridgehead atoms. The Balaban J connectivity index is 1.55.